The number of anilines is 1. The zero-order valence-electron chi connectivity index (χ0n) is 8.54. The summed E-state index contributed by atoms with van der Waals surface area (Å²) in [6, 6.07) is 0. The predicted octanol–water partition coefficient (Wildman–Crippen LogP) is 1.54. The van der Waals surface area contributed by atoms with Crippen LogP contribution in [0.15, 0.2) is 0 Å². The average Bonchev–Trinajstić information content (AvgIpc) is 2.23. The molecule has 0 aliphatic heterocycles. The Bertz CT molecular complexity index is 375. The highest BCUT2D eigenvalue weighted by Crippen LogP contribution is 2.16. The number of ether oxygens (including phenoxy) is 1. The quantitative estimate of drug-likeness (QED) is 0.814. The van der Waals surface area contributed by atoms with Gasteiger partial charge in [-0.2, -0.15) is 4.98 Å². The van der Waals surface area contributed by atoms with Crippen LogP contribution in [0.1, 0.15) is 13.3 Å². The summed E-state index contributed by atoms with van der Waals surface area (Å²) in [4.78, 5) is 14.8. The number of hydrogen-bond donors (Lipinski definition) is 1. The molecule has 8 heteroatoms. The fourth-order valence-electron chi connectivity index (χ4n) is 0.922. The minimum atomic E-state index is -0.292. The first-order chi connectivity index (χ1) is 7.63. The van der Waals surface area contributed by atoms with Crippen molar-refractivity contribution >= 4 is 35.0 Å². The second-order valence-corrected chi connectivity index (χ2v) is 3.40. The largest absolute Gasteiger partial charge is 0.466 e. The third kappa shape index (κ3) is 4.16. The summed E-state index contributed by atoms with van der Waals surface area (Å²) in [7, 11) is 0. The minimum Gasteiger partial charge on any atom is -0.466 e. The van der Waals surface area contributed by atoms with E-state index >= 15 is 0 Å². The van der Waals surface area contributed by atoms with Crippen LogP contribution >= 0.6 is 23.2 Å². The van der Waals surface area contributed by atoms with Crippen LogP contribution in [0, 0.1) is 0 Å². The Balaban J connectivity index is 2.42. The third-order valence-corrected chi connectivity index (χ3v) is 1.96. The maximum Gasteiger partial charge on any atom is 0.307 e. The standard InChI is InChI=1S/C8H10Cl2N4O2/c1-2-16-5(15)3-4-11-7-6(9)13-14-8(10)12-7/h2-4H2,1H3,(H,11,12,14). The molecule has 0 unspecified atom stereocenters. The normalized spacial score (nSPS) is 9.94. The third-order valence-electron chi connectivity index (χ3n) is 1.55. The highest BCUT2D eigenvalue weighted by Gasteiger charge is 2.06. The van der Waals surface area contributed by atoms with Gasteiger partial charge in [-0.1, -0.05) is 11.6 Å². The molecule has 0 aliphatic carbocycles. The molecule has 16 heavy (non-hydrogen) atoms. The molecule has 6 nitrogen and oxygen atoms in total. The molecule has 88 valence electrons. The highest BCUT2D eigenvalue weighted by molar-refractivity contribution is 6.32. The average molecular weight is 265 g/mol. The van der Waals surface area contributed by atoms with Crippen LogP contribution in [0.4, 0.5) is 5.82 Å². The van der Waals surface area contributed by atoms with Crippen LogP contribution < -0.4 is 5.32 Å². The van der Waals surface area contributed by atoms with Crippen molar-refractivity contribution in [3.05, 3.63) is 10.4 Å². The minimum absolute atomic E-state index is 0.0111. The summed E-state index contributed by atoms with van der Waals surface area (Å²) in [6.45, 7) is 2.45. The van der Waals surface area contributed by atoms with Crippen molar-refractivity contribution in [3.8, 4) is 0 Å². The van der Waals surface area contributed by atoms with Crippen molar-refractivity contribution < 1.29 is 9.53 Å². The molecule has 0 fully saturated rings. The van der Waals surface area contributed by atoms with Gasteiger partial charge in [0.05, 0.1) is 13.0 Å². The van der Waals surface area contributed by atoms with E-state index in [1.54, 1.807) is 6.92 Å². The molecule has 0 saturated carbocycles. The van der Waals surface area contributed by atoms with Gasteiger partial charge in [0.2, 0.25) is 5.28 Å². The molecule has 0 bridgehead atoms. The van der Waals surface area contributed by atoms with Gasteiger partial charge in [-0.05, 0) is 18.5 Å². The number of esters is 1. The van der Waals surface area contributed by atoms with Crippen LogP contribution in [0.3, 0.4) is 0 Å². The monoisotopic (exact) mass is 264 g/mol. The number of carbonyl (C=O) groups excluding carboxylic acids is 1. The van der Waals surface area contributed by atoms with Gasteiger partial charge in [0, 0.05) is 6.54 Å². The van der Waals surface area contributed by atoms with E-state index in [-0.39, 0.29) is 22.8 Å². The molecule has 1 heterocycles. The first-order valence-electron chi connectivity index (χ1n) is 4.58. The molecule has 1 aromatic heterocycles. The van der Waals surface area contributed by atoms with E-state index in [0.29, 0.717) is 19.0 Å². The zero-order chi connectivity index (χ0) is 12.0. The molecule has 0 aromatic carbocycles. The number of halogens is 2. The number of nitrogens with one attached hydrogen (secondary N) is 1. The van der Waals surface area contributed by atoms with Crippen LogP contribution in [-0.2, 0) is 9.53 Å². The van der Waals surface area contributed by atoms with Crippen LogP contribution in [0.5, 0.6) is 0 Å². The van der Waals surface area contributed by atoms with E-state index in [9.17, 15) is 4.79 Å². The summed E-state index contributed by atoms with van der Waals surface area (Å²) < 4.78 is 4.75. The molecular weight excluding hydrogens is 255 g/mol. The maximum atomic E-state index is 11.0. The fraction of sp³-hybridized carbons (Fsp3) is 0.500. The second kappa shape index (κ2) is 6.44. The van der Waals surface area contributed by atoms with Crippen molar-refractivity contribution in [2.75, 3.05) is 18.5 Å². The van der Waals surface area contributed by atoms with Gasteiger partial charge < -0.3 is 10.1 Å². The van der Waals surface area contributed by atoms with E-state index in [2.05, 4.69) is 20.5 Å². The summed E-state index contributed by atoms with van der Waals surface area (Å²) >= 11 is 11.2. The summed E-state index contributed by atoms with van der Waals surface area (Å²) in [5.74, 6) is 0.00481. The van der Waals surface area contributed by atoms with E-state index in [0.717, 1.165) is 0 Å². The molecule has 1 aromatic rings. The second-order valence-electron chi connectivity index (χ2n) is 2.70. The van der Waals surface area contributed by atoms with Crippen molar-refractivity contribution in [1.82, 2.24) is 15.2 Å². The SMILES string of the molecule is CCOC(=O)CCNc1nc(Cl)nnc1Cl. The Kier molecular flexibility index (Phi) is 5.21. The molecule has 0 aliphatic rings. The molecule has 0 saturated heterocycles. The molecular formula is C8H10Cl2N4O2. The van der Waals surface area contributed by atoms with Crippen molar-refractivity contribution in [2.45, 2.75) is 13.3 Å². The fourth-order valence-corrected chi connectivity index (χ4v) is 1.19. The van der Waals surface area contributed by atoms with Crippen molar-refractivity contribution in [3.63, 3.8) is 0 Å². The van der Waals surface area contributed by atoms with Gasteiger partial charge in [-0.15, -0.1) is 10.2 Å². The predicted molar refractivity (Wildman–Crippen MR) is 59.6 cm³/mol. The van der Waals surface area contributed by atoms with Gasteiger partial charge in [0.25, 0.3) is 0 Å². The Hall–Kier alpha value is -1.14. The lowest BCUT2D eigenvalue weighted by molar-refractivity contribution is -0.142. The van der Waals surface area contributed by atoms with E-state index in [4.69, 9.17) is 27.9 Å². The Morgan fingerprint density at radius 2 is 2.19 bits per heavy atom. The van der Waals surface area contributed by atoms with Gasteiger partial charge in [0.15, 0.2) is 11.0 Å². The number of nitrogens with zero attached hydrogens (tertiary/aromatic N) is 3. The molecule has 0 spiro atoms. The number of hydrogen-bond acceptors (Lipinski definition) is 6. The summed E-state index contributed by atoms with van der Waals surface area (Å²) in [5, 5.41) is 9.91. The lowest BCUT2D eigenvalue weighted by atomic mass is 10.4. The maximum absolute atomic E-state index is 11.0. The van der Waals surface area contributed by atoms with E-state index < -0.39 is 0 Å². The molecule has 0 amide bonds. The summed E-state index contributed by atoms with van der Waals surface area (Å²) in [5.41, 5.74) is 0. The first kappa shape index (κ1) is 12.9. The van der Waals surface area contributed by atoms with Gasteiger partial charge in [-0.3, -0.25) is 4.79 Å². The molecule has 1 rings (SSSR count). The number of carbonyl (C=O) groups is 1. The highest BCUT2D eigenvalue weighted by atomic mass is 35.5. The first-order valence-corrected chi connectivity index (χ1v) is 5.34. The molecule has 1 N–H and O–H groups in total. The summed E-state index contributed by atoms with van der Waals surface area (Å²) in [6.07, 6.45) is 0.214. The Morgan fingerprint density at radius 3 is 2.88 bits per heavy atom. The number of aromatic nitrogens is 3. The van der Waals surface area contributed by atoms with Gasteiger partial charge >= 0.3 is 5.97 Å². The zero-order valence-corrected chi connectivity index (χ0v) is 10.0. The van der Waals surface area contributed by atoms with Crippen LogP contribution in [-0.4, -0.2) is 34.3 Å². The topological polar surface area (TPSA) is 77.0 Å². The Labute approximate surface area is 102 Å². The van der Waals surface area contributed by atoms with Crippen molar-refractivity contribution in [2.24, 2.45) is 0 Å². The Morgan fingerprint density at radius 1 is 1.44 bits per heavy atom. The molecule has 0 radical (unpaired) electrons. The lowest BCUT2D eigenvalue weighted by Crippen LogP contribution is -2.12. The van der Waals surface area contributed by atoms with Crippen LogP contribution in [0.25, 0.3) is 0 Å². The van der Waals surface area contributed by atoms with Crippen molar-refractivity contribution in [1.29, 1.82) is 0 Å². The van der Waals surface area contributed by atoms with Gasteiger partial charge in [0.1, 0.15) is 0 Å². The van der Waals surface area contributed by atoms with Crippen LogP contribution in [0.2, 0.25) is 10.4 Å². The lowest BCUT2D eigenvalue weighted by Gasteiger charge is -2.05. The van der Waals surface area contributed by atoms with Gasteiger partial charge in [-0.25, -0.2) is 0 Å². The number of rotatable bonds is 5. The van der Waals surface area contributed by atoms with E-state index in [1.807, 2.05) is 0 Å². The molecule has 0 atom stereocenters. The van der Waals surface area contributed by atoms with E-state index in [1.165, 1.54) is 0 Å². The smallest absolute Gasteiger partial charge is 0.307 e.